The van der Waals surface area contributed by atoms with Crippen molar-refractivity contribution in [2.24, 2.45) is 0 Å². The minimum Gasteiger partial charge on any atom is -0.461 e. The summed E-state index contributed by atoms with van der Waals surface area (Å²) in [7, 11) is 0. The summed E-state index contributed by atoms with van der Waals surface area (Å²) in [5, 5.41) is 3.45. The fourth-order valence-electron chi connectivity index (χ4n) is 2.45. The molecule has 1 N–H and O–H groups in total. The van der Waals surface area contributed by atoms with Crippen LogP contribution in [0.5, 0.6) is 0 Å². The van der Waals surface area contributed by atoms with Gasteiger partial charge < -0.3 is 9.73 Å². The van der Waals surface area contributed by atoms with E-state index >= 15 is 0 Å². The SMILES string of the molecule is CC(=O)c1ccc(NC(=O)c2cc(-c3ccc(Cl)cc3)oc2C)cc1. The highest BCUT2D eigenvalue weighted by molar-refractivity contribution is 6.30. The number of furan rings is 1. The molecule has 4 nitrogen and oxygen atoms in total. The van der Waals surface area contributed by atoms with E-state index in [1.165, 1.54) is 6.92 Å². The molecular formula is C20H16ClNO3. The number of benzene rings is 2. The van der Waals surface area contributed by atoms with Crippen LogP contribution in [0.4, 0.5) is 5.69 Å². The van der Waals surface area contributed by atoms with Gasteiger partial charge in [0.2, 0.25) is 0 Å². The molecule has 3 aromatic rings. The Morgan fingerprint density at radius 1 is 1.00 bits per heavy atom. The van der Waals surface area contributed by atoms with E-state index in [9.17, 15) is 9.59 Å². The predicted octanol–water partition coefficient (Wildman–Crippen LogP) is 5.36. The first-order valence-corrected chi connectivity index (χ1v) is 8.10. The lowest BCUT2D eigenvalue weighted by atomic mass is 10.1. The maximum absolute atomic E-state index is 12.5. The highest BCUT2D eigenvalue weighted by atomic mass is 35.5. The molecule has 1 aromatic heterocycles. The molecule has 25 heavy (non-hydrogen) atoms. The molecule has 0 radical (unpaired) electrons. The van der Waals surface area contributed by atoms with Crippen molar-refractivity contribution < 1.29 is 14.0 Å². The topological polar surface area (TPSA) is 59.3 Å². The van der Waals surface area contributed by atoms with E-state index in [1.54, 1.807) is 49.4 Å². The number of anilines is 1. The van der Waals surface area contributed by atoms with Gasteiger partial charge in [0, 0.05) is 21.8 Å². The summed E-state index contributed by atoms with van der Waals surface area (Å²) in [6, 6.07) is 15.7. The van der Waals surface area contributed by atoms with E-state index in [1.807, 2.05) is 12.1 Å². The number of carbonyl (C=O) groups is 2. The number of hydrogen-bond acceptors (Lipinski definition) is 3. The van der Waals surface area contributed by atoms with Crippen LogP contribution in [0.2, 0.25) is 5.02 Å². The van der Waals surface area contributed by atoms with Gasteiger partial charge in [-0.15, -0.1) is 0 Å². The quantitative estimate of drug-likeness (QED) is 0.642. The Labute approximate surface area is 150 Å². The molecule has 1 amide bonds. The maximum Gasteiger partial charge on any atom is 0.259 e. The number of hydrogen-bond donors (Lipinski definition) is 1. The summed E-state index contributed by atoms with van der Waals surface area (Å²) in [5.74, 6) is 0.849. The maximum atomic E-state index is 12.5. The number of Topliss-reactive ketones (excluding diaryl/α,β-unsaturated/α-hetero) is 1. The van der Waals surface area contributed by atoms with Gasteiger partial charge in [-0.2, -0.15) is 0 Å². The largest absolute Gasteiger partial charge is 0.461 e. The molecule has 0 saturated carbocycles. The molecule has 0 spiro atoms. The summed E-state index contributed by atoms with van der Waals surface area (Å²) in [5.41, 5.74) is 2.52. The van der Waals surface area contributed by atoms with Crippen LogP contribution in [-0.4, -0.2) is 11.7 Å². The summed E-state index contributed by atoms with van der Waals surface area (Å²) >= 11 is 5.89. The smallest absolute Gasteiger partial charge is 0.259 e. The summed E-state index contributed by atoms with van der Waals surface area (Å²) in [4.78, 5) is 23.8. The van der Waals surface area contributed by atoms with Gasteiger partial charge in [0.05, 0.1) is 5.56 Å². The third-order valence-electron chi connectivity index (χ3n) is 3.84. The zero-order valence-electron chi connectivity index (χ0n) is 13.8. The number of halogens is 1. The van der Waals surface area contributed by atoms with Crippen LogP contribution in [0.1, 0.15) is 33.4 Å². The van der Waals surface area contributed by atoms with Crippen molar-refractivity contribution in [3.05, 3.63) is 76.5 Å². The molecule has 1 heterocycles. The Balaban J connectivity index is 1.80. The fraction of sp³-hybridized carbons (Fsp3) is 0.100. The Kier molecular flexibility index (Phi) is 4.72. The minimum atomic E-state index is -0.267. The van der Waals surface area contributed by atoms with E-state index in [0.29, 0.717) is 33.4 Å². The third kappa shape index (κ3) is 3.80. The fourth-order valence-corrected chi connectivity index (χ4v) is 2.58. The van der Waals surface area contributed by atoms with Crippen molar-refractivity contribution in [3.63, 3.8) is 0 Å². The number of amides is 1. The Bertz CT molecular complexity index is 925. The molecule has 2 aromatic carbocycles. The van der Waals surface area contributed by atoms with Crippen LogP contribution >= 0.6 is 11.6 Å². The van der Waals surface area contributed by atoms with Crippen LogP contribution in [0.25, 0.3) is 11.3 Å². The first-order valence-electron chi connectivity index (χ1n) is 7.73. The number of ketones is 1. The molecule has 3 rings (SSSR count). The normalized spacial score (nSPS) is 10.5. The predicted molar refractivity (Wildman–Crippen MR) is 98.3 cm³/mol. The third-order valence-corrected chi connectivity index (χ3v) is 4.09. The molecule has 0 atom stereocenters. The van der Waals surface area contributed by atoms with Gasteiger partial charge in [-0.05, 0) is 68.4 Å². The van der Waals surface area contributed by atoms with Crippen LogP contribution < -0.4 is 5.32 Å². The van der Waals surface area contributed by atoms with Crippen molar-refractivity contribution in [3.8, 4) is 11.3 Å². The summed E-state index contributed by atoms with van der Waals surface area (Å²) in [6.07, 6.45) is 0. The molecule has 0 fully saturated rings. The second-order valence-electron chi connectivity index (χ2n) is 5.68. The van der Waals surface area contributed by atoms with Gasteiger partial charge >= 0.3 is 0 Å². The van der Waals surface area contributed by atoms with Gasteiger partial charge in [0.1, 0.15) is 11.5 Å². The van der Waals surface area contributed by atoms with E-state index in [-0.39, 0.29) is 11.7 Å². The molecule has 5 heteroatoms. The number of nitrogens with one attached hydrogen (secondary N) is 1. The van der Waals surface area contributed by atoms with Crippen LogP contribution in [0, 0.1) is 6.92 Å². The van der Waals surface area contributed by atoms with Gasteiger partial charge in [-0.1, -0.05) is 11.6 Å². The lowest BCUT2D eigenvalue weighted by Crippen LogP contribution is -2.12. The zero-order valence-corrected chi connectivity index (χ0v) is 14.6. The lowest BCUT2D eigenvalue weighted by molar-refractivity contribution is 0.101. The number of carbonyl (C=O) groups excluding carboxylic acids is 2. The Morgan fingerprint density at radius 3 is 2.24 bits per heavy atom. The monoisotopic (exact) mass is 353 g/mol. The second-order valence-corrected chi connectivity index (χ2v) is 6.11. The highest BCUT2D eigenvalue weighted by Crippen LogP contribution is 2.27. The number of rotatable bonds is 4. The first-order chi connectivity index (χ1) is 11.9. The van der Waals surface area contributed by atoms with E-state index in [2.05, 4.69) is 5.32 Å². The standard InChI is InChI=1S/C20H16ClNO3/c1-12(23)14-5-9-17(10-6-14)22-20(24)18-11-19(25-13(18)2)15-3-7-16(21)8-4-15/h3-11H,1-2H3,(H,22,24). The Hall–Kier alpha value is -2.85. The first kappa shape index (κ1) is 17.0. The molecule has 0 aliphatic carbocycles. The van der Waals surface area contributed by atoms with Gasteiger partial charge in [0.25, 0.3) is 5.91 Å². The molecular weight excluding hydrogens is 338 g/mol. The van der Waals surface area contributed by atoms with Crippen molar-refractivity contribution in [2.75, 3.05) is 5.32 Å². The van der Waals surface area contributed by atoms with Crippen molar-refractivity contribution in [1.82, 2.24) is 0 Å². The molecule has 126 valence electrons. The molecule has 0 unspecified atom stereocenters. The minimum absolute atomic E-state index is 0.0174. The molecule has 0 saturated heterocycles. The summed E-state index contributed by atoms with van der Waals surface area (Å²) in [6.45, 7) is 3.24. The van der Waals surface area contributed by atoms with Gasteiger partial charge in [-0.3, -0.25) is 9.59 Å². The van der Waals surface area contributed by atoms with E-state index < -0.39 is 0 Å². The lowest BCUT2D eigenvalue weighted by Gasteiger charge is -2.04. The number of aryl methyl sites for hydroxylation is 1. The Morgan fingerprint density at radius 2 is 1.64 bits per heavy atom. The van der Waals surface area contributed by atoms with E-state index in [0.717, 1.165) is 5.56 Å². The molecule has 0 aliphatic heterocycles. The zero-order chi connectivity index (χ0) is 18.0. The van der Waals surface area contributed by atoms with Crippen LogP contribution in [0.15, 0.2) is 59.0 Å². The molecule has 0 aliphatic rings. The average Bonchev–Trinajstić information content (AvgIpc) is 2.98. The molecule has 0 bridgehead atoms. The van der Waals surface area contributed by atoms with Gasteiger partial charge in [0.15, 0.2) is 5.78 Å². The van der Waals surface area contributed by atoms with Crippen LogP contribution in [0.3, 0.4) is 0 Å². The summed E-state index contributed by atoms with van der Waals surface area (Å²) < 4.78 is 5.70. The van der Waals surface area contributed by atoms with E-state index in [4.69, 9.17) is 16.0 Å². The second kappa shape index (κ2) is 6.95. The van der Waals surface area contributed by atoms with Crippen molar-refractivity contribution in [2.45, 2.75) is 13.8 Å². The van der Waals surface area contributed by atoms with Crippen molar-refractivity contribution in [1.29, 1.82) is 0 Å². The highest BCUT2D eigenvalue weighted by Gasteiger charge is 2.16. The average molecular weight is 354 g/mol. The van der Waals surface area contributed by atoms with Gasteiger partial charge in [-0.25, -0.2) is 0 Å². The van der Waals surface area contributed by atoms with Crippen molar-refractivity contribution >= 4 is 29.0 Å². The van der Waals surface area contributed by atoms with Crippen LogP contribution in [-0.2, 0) is 0 Å².